The van der Waals surface area contributed by atoms with Gasteiger partial charge in [-0.3, -0.25) is 14.2 Å². The largest absolute Gasteiger partial charge is 0.324 e. The Labute approximate surface area is 149 Å². The van der Waals surface area contributed by atoms with Crippen molar-refractivity contribution < 1.29 is 4.79 Å². The van der Waals surface area contributed by atoms with E-state index in [2.05, 4.69) is 10.3 Å². The van der Waals surface area contributed by atoms with Crippen LogP contribution in [0.4, 0.5) is 5.69 Å². The van der Waals surface area contributed by atoms with Crippen LogP contribution in [0.1, 0.15) is 0 Å². The molecule has 1 heterocycles. The molecule has 1 aromatic heterocycles. The van der Waals surface area contributed by atoms with Gasteiger partial charge in [-0.25, -0.2) is 4.98 Å². The number of hydrogen-bond acceptors (Lipinski definition) is 4. The molecule has 126 valence electrons. The topological polar surface area (TPSA) is 64.0 Å². The van der Waals surface area contributed by atoms with Crippen molar-refractivity contribution in [1.82, 2.24) is 9.55 Å². The van der Waals surface area contributed by atoms with Gasteiger partial charge in [-0.15, -0.1) is 11.8 Å². The number of benzene rings is 2. The Morgan fingerprint density at radius 1 is 1.12 bits per heavy atom. The Morgan fingerprint density at radius 3 is 2.56 bits per heavy atom. The molecule has 0 radical (unpaired) electrons. The number of rotatable bonds is 5. The highest BCUT2D eigenvalue weighted by molar-refractivity contribution is 7.98. The number of carbonyl (C=O) groups is 1. The molecule has 0 saturated carbocycles. The molecule has 0 atom stereocenters. The van der Waals surface area contributed by atoms with E-state index < -0.39 is 0 Å². The lowest BCUT2D eigenvalue weighted by Crippen LogP contribution is -2.27. The van der Waals surface area contributed by atoms with Gasteiger partial charge in [0.25, 0.3) is 5.56 Å². The van der Waals surface area contributed by atoms with Gasteiger partial charge in [-0.2, -0.15) is 0 Å². The van der Waals surface area contributed by atoms with Crippen LogP contribution in [0.15, 0.2) is 76.7 Å². The second-order valence-electron chi connectivity index (χ2n) is 5.35. The summed E-state index contributed by atoms with van der Waals surface area (Å²) in [6.07, 6.45) is 3.35. The zero-order valence-electron chi connectivity index (χ0n) is 13.7. The van der Waals surface area contributed by atoms with Crippen LogP contribution in [0.2, 0.25) is 0 Å². The van der Waals surface area contributed by atoms with Crippen LogP contribution in [0.5, 0.6) is 0 Å². The molecule has 2 aromatic carbocycles. The maximum atomic E-state index is 12.3. The minimum Gasteiger partial charge on any atom is -0.324 e. The first-order valence-corrected chi connectivity index (χ1v) is 8.94. The normalized spacial score (nSPS) is 10.4. The van der Waals surface area contributed by atoms with Crippen molar-refractivity contribution in [2.24, 2.45) is 0 Å². The Kier molecular flexibility index (Phi) is 5.30. The van der Waals surface area contributed by atoms with Gasteiger partial charge < -0.3 is 5.32 Å². The minimum absolute atomic E-state index is 0.0797. The van der Waals surface area contributed by atoms with Crippen LogP contribution >= 0.6 is 11.8 Å². The van der Waals surface area contributed by atoms with E-state index in [0.717, 1.165) is 16.1 Å². The summed E-state index contributed by atoms with van der Waals surface area (Å²) in [7, 11) is 0. The number of para-hydroxylation sites is 1. The molecule has 0 bridgehead atoms. The van der Waals surface area contributed by atoms with Crippen LogP contribution in [-0.2, 0) is 11.3 Å². The van der Waals surface area contributed by atoms with Crippen molar-refractivity contribution in [3.05, 3.63) is 77.3 Å². The molecule has 0 fully saturated rings. The average molecular weight is 351 g/mol. The molecule has 0 saturated heterocycles. The second-order valence-corrected chi connectivity index (χ2v) is 6.20. The predicted molar refractivity (Wildman–Crippen MR) is 101 cm³/mol. The fraction of sp³-hybridized carbons (Fsp3) is 0.105. The maximum Gasteiger partial charge on any atom is 0.254 e. The van der Waals surface area contributed by atoms with Gasteiger partial charge in [0.2, 0.25) is 5.91 Å². The van der Waals surface area contributed by atoms with Crippen molar-refractivity contribution in [2.45, 2.75) is 11.4 Å². The van der Waals surface area contributed by atoms with E-state index in [9.17, 15) is 9.59 Å². The third-order valence-electron chi connectivity index (χ3n) is 3.64. The summed E-state index contributed by atoms with van der Waals surface area (Å²) in [4.78, 5) is 29.8. The van der Waals surface area contributed by atoms with Gasteiger partial charge in [-0.05, 0) is 18.4 Å². The van der Waals surface area contributed by atoms with E-state index in [4.69, 9.17) is 0 Å². The van der Waals surface area contributed by atoms with E-state index in [1.807, 2.05) is 60.9 Å². The van der Waals surface area contributed by atoms with Crippen molar-refractivity contribution in [3.63, 3.8) is 0 Å². The van der Waals surface area contributed by atoms with Crippen molar-refractivity contribution in [3.8, 4) is 11.3 Å². The molecule has 0 aliphatic carbocycles. The van der Waals surface area contributed by atoms with Gasteiger partial charge >= 0.3 is 0 Å². The standard InChI is InChI=1S/C19H17N3O2S/c1-25-17-10-6-5-9-15(17)21-18(23)12-22-13-20-16(11-19(22)24)14-7-3-2-4-8-14/h2-11,13H,12H2,1H3,(H,21,23). The molecular weight excluding hydrogens is 334 g/mol. The zero-order valence-corrected chi connectivity index (χ0v) is 14.5. The summed E-state index contributed by atoms with van der Waals surface area (Å²) in [5.41, 5.74) is 1.93. The van der Waals surface area contributed by atoms with Crippen molar-refractivity contribution in [1.29, 1.82) is 0 Å². The second kappa shape index (κ2) is 7.81. The van der Waals surface area contributed by atoms with E-state index in [0.29, 0.717) is 5.69 Å². The smallest absolute Gasteiger partial charge is 0.254 e. The average Bonchev–Trinajstić information content (AvgIpc) is 2.64. The summed E-state index contributed by atoms with van der Waals surface area (Å²) in [5, 5.41) is 2.84. The van der Waals surface area contributed by atoms with Crippen LogP contribution < -0.4 is 10.9 Å². The zero-order chi connectivity index (χ0) is 17.6. The predicted octanol–water partition coefficient (Wildman–Crippen LogP) is 3.27. The van der Waals surface area contributed by atoms with E-state index in [-0.39, 0.29) is 18.0 Å². The Morgan fingerprint density at radius 2 is 1.84 bits per heavy atom. The molecule has 1 N–H and O–H groups in total. The van der Waals surface area contributed by atoms with Gasteiger partial charge in [0.05, 0.1) is 17.7 Å². The third kappa shape index (κ3) is 4.16. The lowest BCUT2D eigenvalue weighted by molar-refractivity contribution is -0.116. The Bertz CT molecular complexity index is 939. The molecule has 25 heavy (non-hydrogen) atoms. The summed E-state index contributed by atoms with van der Waals surface area (Å²) >= 11 is 1.55. The Hall–Kier alpha value is -2.86. The molecule has 0 aliphatic heterocycles. The highest BCUT2D eigenvalue weighted by Gasteiger charge is 2.09. The molecule has 0 spiro atoms. The number of nitrogens with one attached hydrogen (secondary N) is 1. The van der Waals surface area contributed by atoms with Gasteiger partial charge in [-0.1, -0.05) is 42.5 Å². The first-order chi connectivity index (χ1) is 12.2. The van der Waals surface area contributed by atoms with Gasteiger partial charge in [0.1, 0.15) is 6.54 Å². The summed E-state index contributed by atoms with van der Waals surface area (Å²) in [6.45, 7) is -0.0797. The number of hydrogen-bond donors (Lipinski definition) is 1. The summed E-state index contributed by atoms with van der Waals surface area (Å²) in [6, 6.07) is 18.4. The molecular formula is C19H17N3O2S. The summed E-state index contributed by atoms with van der Waals surface area (Å²) in [5.74, 6) is -0.266. The van der Waals surface area contributed by atoms with E-state index in [1.165, 1.54) is 17.0 Å². The van der Waals surface area contributed by atoms with Crippen LogP contribution in [0.25, 0.3) is 11.3 Å². The van der Waals surface area contributed by atoms with Gasteiger partial charge in [0, 0.05) is 16.5 Å². The summed E-state index contributed by atoms with van der Waals surface area (Å²) < 4.78 is 1.30. The molecule has 3 rings (SSSR count). The number of aromatic nitrogens is 2. The number of amides is 1. The quantitative estimate of drug-likeness (QED) is 0.717. The number of nitrogens with zero attached hydrogens (tertiary/aromatic N) is 2. The lowest BCUT2D eigenvalue weighted by Gasteiger charge is -2.10. The first kappa shape index (κ1) is 17.0. The number of anilines is 1. The maximum absolute atomic E-state index is 12.3. The molecule has 0 unspecified atom stereocenters. The molecule has 6 heteroatoms. The van der Waals surface area contributed by atoms with Crippen LogP contribution in [0, 0.1) is 0 Å². The van der Waals surface area contributed by atoms with Crippen molar-refractivity contribution >= 4 is 23.4 Å². The third-order valence-corrected chi connectivity index (χ3v) is 4.44. The van der Waals surface area contributed by atoms with Gasteiger partial charge in [0.15, 0.2) is 0 Å². The molecule has 3 aromatic rings. The highest BCUT2D eigenvalue weighted by Crippen LogP contribution is 2.24. The van der Waals surface area contributed by atoms with E-state index >= 15 is 0 Å². The fourth-order valence-electron chi connectivity index (χ4n) is 2.40. The van der Waals surface area contributed by atoms with E-state index in [1.54, 1.807) is 11.8 Å². The lowest BCUT2D eigenvalue weighted by atomic mass is 10.1. The first-order valence-electron chi connectivity index (χ1n) is 7.72. The fourth-order valence-corrected chi connectivity index (χ4v) is 2.96. The molecule has 1 amide bonds. The highest BCUT2D eigenvalue weighted by atomic mass is 32.2. The SMILES string of the molecule is CSc1ccccc1NC(=O)Cn1cnc(-c2ccccc2)cc1=O. The molecule has 0 aliphatic rings. The monoisotopic (exact) mass is 351 g/mol. The molecule has 5 nitrogen and oxygen atoms in total. The number of thioether (sulfide) groups is 1. The minimum atomic E-state index is -0.266. The number of carbonyl (C=O) groups excluding carboxylic acids is 1. The van der Waals surface area contributed by atoms with Crippen LogP contribution in [0.3, 0.4) is 0 Å². The Balaban J connectivity index is 1.75. The van der Waals surface area contributed by atoms with Crippen LogP contribution in [-0.4, -0.2) is 21.7 Å². The van der Waals surface area contributed by atoms with Crippen molar-refractivity contribution in [2.75, 3.05) is 11.6 Å².